The van der Waals surface area contributed by atoms with Gasteiger partial charge in [0.1, 0.15) is 13.2 Å². The van der Waals surface area contributed by atoms with E-state index in [0.717, 1.165) is 63.7 Å². The van der Waals surface area contributed by atoms with Crippen molar-refractivity contribution in [1.29, 1.82) is 0 Å². The van der Waals surface area contributed by atoms with Gasteiger partial charge < -0.3 is 14.2 Å². The topological polar surface area (TPSA) is 78.9 Å². The smallest absolute Gasteiger partial charge is 0.306 e. The average molecular weight is 849 g/mol. The standard InChI is InChI=1S/C54H104O6/c1-5-7-9-11-13-15-17-19-21-22-24-25-29-33-37-41-45-52(55)58-48-51(49-59-53(56)46-42-38-34-31-27-28-32-36-40-44-50(3)4)60-54(57)47-43-39-35-30-26-23-20-18-16-14-12-10-8-6-2/h50-51H,5-49H2,1-4H3/t51-/m0/s1. The van der Waals surface area contributed by atoms with Crippen molar-refractivity contribution in [2.24, 2.45) is 5.92 Å². The van der Waals surface area contributed by atoms with Gasteiger partial charge in [-0.3, -0.25) is 14.4 Å². The van der Waals surface area contributed by atoms with E-state index >= 15 is 0 Å². The van der Waals surface area contributed by atoms with Crippen molar-refractivity contribution < 1.29 is 28.6 Å². The van der Waals surface area contributed by atoms with Crippen molar-refractivity contribution in [3.05, 3.63) is 0 Å². The van der Waals surface area contributed by atoms with Gasteiger partial charge in [0, 0.05) is 19.3 Å². The highest BCUT2D eigenvalue weighted by molar-refractivity contribution is 5.71. The molecule has 0 saturated heterocycles. The molecule has 0 aromatic carbocycles. The van der Waals surface area contributed by atoms with E-state index in [4.69, 9.17) is 14.2 Å². The van der Waals surface area contributed by atoms with Crippen LogP contribution in [0.5, 0.6) is 0 Å². The first kappa shape index (κ1) is 58.4. The van der Waals surface area contributed by atoms with Crippen molar-refractivity contribution in [1.82, 2.24) is 0 Å². The van der Waals surface area contributed by atoms with Gasteiger partial charge in [0.2, 0.25) is 0 Å². The number of rotatable bonds is 49. The monoisotopic (exact) mass is 849 g/mol. The maximum Gasteiger partial charge on any atom is 0.306 e. The van der Waals surface area contributed by atoms with Gasteiger partial charge in [0.15, 0.2) is 6.10 Å². The van der Waals surface area contributed by atoms with E-state index in [0.29, 0.717) is 19.3 Å². The quantitative estimate of drug-likeness (QED) is 0.0345. The molecule has 0 saturated carbocycles. The van der Waals surface area contributed by atoms with Gasteiger partial charge in [-0.05, 0) is 25.2 Å². The molecule has 0 bridgehead atoms. The van der Waals surface area contributed by atoms with Crippen LogP contribution in [0.15, 0.2) is 0 Å². The molecule has 0 fully saturated rings. The number of carbonyl (C=O) groups is 3. The molecule has 1 atom stereocenters. The molecule has 0 rings (SSSR count). The van der Waals surface area contributed by atoms with Gasteiger partial charge in [-0.15, -0.1) is 0 Å². The normalized spacial score (nSPS) is 11.9. The zero-order valence-corrected chi connectivity index (χ0v) is 40.9. The number of carbonyl (C=O) groups excluding carboxylic acids is 3. The number of unbranched alkanes of at least 4 members (excludes halogenated alkanes) is 36. The molecule has 0 unspecified atom stereocenters. The summed E-state index contributed by atoms with van der Waals surface area (Å²) in [4.78, 5) is 38.0. The number of ether oxygens (including phenoxy) is 3. The van der Waals surface area contributed by atoms with Crippen LogP contribution in [0.25, 0.3) is 0 Å². The Bertz CT molecular complexity index is 903. The average Bonchev–Trinajstić information content (AvgIpc) is 3.23. The van der Waals surface area contributed by atoms with E-state index in [2.05, 4.69) is 27.7 Å². The number of hydrogen-bond acceptors (Lipinski definition) is 6. The minimum atomic E-state index is -0.761. The Morgan fingerprint density at radius 1 is 0.317 bits per heavy atom. The fourth-order valence-electron chi connectivity index (χ4n) is 8.22. The van der Waals surface area contributed by atoms with Gasteiger partial charge in [0.25, 0.3) is 0 Å². The summed E-state index contributed by atoms with van der Waals surface area (Å²) in [5.74, 6) is -0.0335. The van der Waals surface area contributed by atoms with Crippen LogP contribution in [-0.4, -0.2) is 37.2 Å². The summed E-state index contributed by atoms with van der Waals surface area (Å²) in [6.07, 6.45) is 50.9. The predicted octanol–water partition coefficient (Wildman–Crippen LogP) is 17.5. The molecule has 0 aromatic rings. The first-order valence-electron chi connectivity index (χ1n) is 26.9. The Morgan fingerprint density at radius 3 is 0.817 bits per heavy atom. The van der Waals surface area contributed by atoms with E-state index in [-0.39, 0.29) is 31.1 Å². The van der Waals surface area contributed by atoms with Crippen LogP contribution < -0.4 is 0 Å². The predicted molar refractivity (Wildman–Crippen MR) is 257 cm³/mol. The molecule has 0 amide bonds. The van der Waals surface area contributed by atoms with E-state index in [1.807, 2.05) is 0 Å². The van der Waals surface area contributed by atoms with Crippen molar-refractivity contribution in [2.75, 3.05) is 13.2 Å². The van der Waals surface area contributed by atoms with Crippen LogP contribution in [-0.2, 0) is 28.6 Å². The van der Waals surface area contributed by atoms with Gasteiger partial charge in [-0.2, -0.15) is 0 Å². The van der Waals surface area contributed by atoms with Gasteiger partial charge >= 0.3 is 17.9 Å². The second-order valence-corrected chi connectivity index (χ2v) is 19.0. The van der Waals surface area contributed by atoms with E-state index < -0.39 is 6.10 Å². The summed E-state index contributed by atoms with van der Waals surface area (Å²) in [6, 6.07) is 0. The van der Waals surface area contributed by atoms with Crippen molar-refractivity contribution in [2.45, 2.75) is 310 Å². The SMILES string of the molecule is CCCCCCCCCCCCCCCCCCC(=O)OC[C@@H](COC(=O)CCCCCCCCCCCC(C)C)OC(=O)CCCCCCCCCCCCCCCC. The van der Waals surface area contributed by atoms with Crippen LogP contribution in [0, 0.1) is 5.92 Å². The molecule has 60 heavy (non-hydrogen) atoms. The minimum Gasteiger partial charge on any atom is -0.462 e. The highest BCUT2D eigenvalue weighted by Crippen LogP contribution is 2.17. The largest absolute Gasteiger partial charge is 0.462 e. The maximum atomic E-state index is 12.8. The second kappa shape index (κ2) is 48.4. The minimum absolute atomic E-state index is 0.0626. The molecule has 0 radical (unpaired) electrons. The van der Waals surface area contributed by atoms with E-state index in [9.17, 15) is 14.4 Å². The Balaban J connectivity index is 4.29. The Kier molecular flexibility index (Phi) is 47.2. The summed E-state index contributed by atoms with van der Waals surface area (Å²) in [7, 11) is 0. The lowest BCUT2D eigenvalue weighted by Gasteiger charge is -2.18. The molecule has 0 heterocycles. The summed E-state index contributed by atoms with van der Waals surface area (Å²) < 4.78 is 16.8. The Morgan fingerprint density at radius 2 is 0.550 bits per heavy atom. The molecule has 0 aliphatic rings. The van der Waals surface area contributed by atoms with Crippen LogP contribution >= 0.6 is 0 Å². The van der Waals surface area contributed by atoms with Gasteiger partial charge in [-0.25, -0.2) is 0 Å². The Labute approximate surface area is 374 Å². The molecular weight excluding hydrogens is 745 g/mol. The van der Waals surface area contributed by atoms with Gasteiger partial charge in [-0.1, -0.05) is 265 Å². The van der Waals surface area contributed by atoms with Crippen LogP contribution in [0.1, 0.15) is 304 Å². The van der Waals surface area contributed by atoms with Crippen molar-refractivity contribution >= 4 is 17.9 Å². The summed E-state index contributed by atoms with van der Waals surface area (Å²) in [5, 5.41) is 0. The van der Waals surface area contributed by atoms with Crippen LogP contribution in [0.3, 0.4) is 0 Å². The molecule has 6 heteroatoms. The summed E-state index contributed by atoms with van der Waals surface area (Å²) >= 11 is 0. The third-order valence-corrected chi connectivity index (χ3v) is 12.3. The Hall–Kier alpha value is -1.59. The lowest BCUT2D eigenvalue weighted by atomic mass is 10.0. The second-order valence-electron chi connectivity index (χ2n) is 19.0. The summed E-state index contributed by atoms with van der Waals surface area (Å²) in [5.41, 5.74) is 0. The van der Waals surface area contributed by atoms with Crippen molar-refractivity contribution in [3.8, 4) is 0 Å². The van der Waals surface area contributed by atoms with Crippen molar-refractivity contribution in [3.63, 3.8) is 0 Å². The molecule has 6 nitrogen and oxygen atoms in total. The molecule has 0 N–H and O–H groups in total. The lowest BCUT2D eigenvalue weighted by Crippen LogP contribution is -2.30. The van der Waals surface area contributed by atoms with Crippen LogP contribution in [0.2, 0.25) is 0 Å². The fraction of sp³-hybridized carbons (Fsp3) is 0.944. The number of hydrogen-bond donors (Lipinski definition) is 0. The highest BCUT2D eigenvalue weighted by Gasteiger charge is 2.19. The molecule has 356 valence electrons. The highest BCUT2D eigenvalue weighted by atomic mass is 16.6. The third-order valence-electron chi connectivity index (χ3n) is 12.3. The molecule has 0 spiro atoms. The molecule has 0 aromatic heterocycles. The summed E-state index contributed by atoms with van der Waals surface area (Å²) in [6.45, 7) is 9.02. The third kappa shape index (κ3) is 47.5. The molecule has 0 aliphatic carbocycles. The maximum absolute atomic E-state index is 12.8. The zero-order chi connectivity index (χ0) is 43.8. The zero-order valence-electron chi connectivity index (χ0n) is 40.9. The van der Waals surface area contributed by atoms with E-state index in [1.165, 1.54) is 199 Å². The molecular formula is C54H104O6. The fourth-order valence-corrected chi connectivity index (χ4v) is 8.22. The van der Waals surface area contributed by atoms with Crippen LogP contribution in [0.4, 0.5) is 0 Å². The van der Waals surface area contributed by atoms with Gasteiger partial charge in [0.05, 0.1) is 0 Å². The van der Waals surface area contributed by atoms with E-state index in [1.54, 1.807) is 0 Å². The number of esters is 3. The first-order valence-corrected chi connectivity index (χ1v) is 26.9. The molecule has 0 aliphatic heterocycles. The lowest BCUT2D eigenvalue weighted by molar-refractivity contribution is -0.167. The first-order chi connectivity index (χ1) is 29.4.